The van der Waals surface area contributed by atoms with Gasteiger partial charge in [0.2, 0.25) is 11.8 Å². The number of carbonyl (C=O) groups is 3. The topological polar surface area (TPSA) is 88.6 Å². The third kappa shape index (κ3) is 5.16. The number of nitrogens with zero attached hydrogens (tertiary/aromatic N) is 2. The number of anilines is 1. The van der Waals surface area contributed by atoms with E-state index in [0.29, 0.717) is 30.5 Å². The van der Waals surface area contributed by atoms with Crippen LogP contribution in [0.3, 0.4) is 0 Å². The SMILES string of the molecule is CCOC(=O)Cc1csc(NC(=O)C2CC(=O)N(Cc3ccc(C)cc3)C2)n1. The Kier molecular flexibility index (Phi) is 6.41. The lowest BCUT2D eigenvalue weighted by Crippen LogP contribution is -2.28. The highest BCUT2D eigenvalue weighted by Gasteiger charge is 2.34. The number of esters is 1. The molecule has 2 heterocycles. The van der Waals surface area contributed by atoms with Gasteiger partial charge in [0, 0.05) is 24.9 Å². The number of aromatic nitrogens is 1. The predicted octanol–water partition coefficient (Wildman–Crippen LogP) is 2.54. The lowest BCUT2D eigenvalue weighted by molar-refractivity contribution is -0.142. The number of hydrogen-bond acceptors (Lipinski definition) is 6. The van der Waals surface area contributed by atoms with Crippen LogP contribution in [-0.4, -0.2) is 40.8 Å². The van der Waals surface area contributed by atoms with Crippen LogP contribution >= 0.6 is 11.3 Å². The minimum atomic E-state index is -0.407. The molecule has 0 bridgehead atoms. The summed E-state index contributed by atoms with van der Waals surface area (Å²) in [5.74, 6) is -1.01. The number of carbonyl (C=O) groups excluding carboxylic acids is 3. The van der Waals surface area contributed by atoms with Crippen LogP contribution in [0.4, 0.5) is 5.13 Å². The summed E-state index contributed by atoms with van der Waals surface area (Å²) < 4.78 is 4.89. The Balaban J connectivity index is 1.54. The first-order chi connectivity index (χ1) is 13.4. The van der Waals surface area contributed by atoms with Gasteiger partial charge in [0.05, 0.1) is 24.6 Å². The molecular formula is C20H23N3O4S. The Hall–Kier alpha value is -2.74. The van der Waals surface area contributed by atoms with Crippen molar-refractivity contribution in [1.82, 2.24) is 9.88 Å². The third-order valence-electron chi connectivity index (χ3n) is 4.49. The van der Waals surface area contributed by atoms with Crippen molar-refractivity contribution in [2.45, 2.75) is 33.2 Å². The second-order valence-corrected chi connectivity index (χ2v) is 7.63. The average Bonchev–Trinajstić information content (AvgIpc) is 3.24. The molecule has 0 spiro atoms. The Morgan fingerprint density at radius 1 is 1.32 bits per heavy atom. The van der Waals surface area contributed by atoms with Crippen molar-refractivity contribution in [3.05, 3.63) is 46.5 Å². The molecule has 1 N–H and O–H groups in total. The Morgan fingerprint density at radius 3 is 2.79 bits per heavy atom. The zero-order chi connectivity index (χ0) is 20.1. The molecule has 7 nitrogen and oxygen atoms in total. The smallest absolute Gasteiger partial charge is 0.311 e. The summed E-state index contributed by atoms with van der Waals surface area (Å²) in [5, 5.41) is 4.90. The number of ether oxygens (including phenoxy) is 1. The number of rotatable bonds is 7. The van der Waals surface area contributed by atoms with Crippen molar-refractivity contribution in [2.24, 2.45) is 5.92 Å². The van der Waals surface area contributed by atoms with Gasteiger partial charge in [0.25, 0.3) is 0 Å². The fourth-order valence-corrected chi connectivity index (χ4v) is 3.74. The lowest BCUT2D eigenvalue weighted by atomic mass is 10.1. The van der Waals surface area contributed by atoms with E-state index in [0.717, 1.165) is 5.56 Å². The minimum absolute atomic E-state index is 0.0251. The molecule has 1 aromatic carbocycles. The monoisotopic (exact) mass is 401 g/mol. The molecular weight excluding hydrogens is 378 g/mol. The van der Waals surface area contributed by atoms with Crippen molar-refractivity contribution in [2.75, 3.05) is 18.5 Å². The predicted molar refractivity (Wildman–Crippen MR) is 106 cm³/mol. The summed E-state index contributed by atoms with van der Waals surface area (Å²) in [5.41, 5.74) is 2.77. The Labute approximate surface area is 167 Å². The van der Waals surface area contributed by atoms with Gasteiger partial charge in [0.15, 0.2) is 5.13 Å². The van der Waals surface area contributed by atoms with E-state index < -0.39 is 5.92 Å². The average molecular weight is 401 g/mol. The zero-order valence-corrected chi connectivity index (χ0v) is 16.8. The van der Waals surface area contributed by atoms with Crippen LogP contribution in [0.2, 0.25) is 0 Å². The van der Waals surface area contributed by atoms with Gasteiger partial charge >= 0.3 is 5.97 Å². The first kappa shape index (κ1) is 20.0. The highest BCUT2D eigenvalue weighted by Crippen LogP contribution is 2.23. The molecule has 1 fully saturated rings. The highest BCUT2D eigenvalue weighted by atomic mass is 32.1. The van der Waals surface area contributed by atoms with Gasteiger partial charge < -0.3 is 15.0 Å². The summed E-state index contributed by atoms with van der Waals surface area (Å²) >= 11 is 1.25. The van der Waals surface area contributed by atoms with Gasteiger partial charge in [-0.15, -0.1) is 11.3 Å². The molecule has 8 heteroatoms. The van der Waals surface area contributed by atoms with Gasteiger partial charge in [-0.25, -0.2) is 4.98 Å². The van der Waals surface area contributed by atoms with E-state index in [1.54, 1.807) is 17.2 Å². The van der Waals surface area contributed by atoms with Gasteiger partial charge in [-0.2, -0.15) is 0 Å². The van der Waals surface area contributed by atoms with Crippen molar-refractivity contribution in [3.8, 4) is 0 Å². The summed E-state index contributed by atoms with van der Waals surface area (Å²) in [6.45, 7) is 4.97. The molecule has 28 heavy (non-hydrogen) atoms. The quantitative estimate of drug-likeness (QED) is 0.721. The molecule has 0 saturated carbocycles. The number of aryl methyl sites for hydroxylation is 1. The summed E-state index contributed by atoms with van der Waals surface area (Å²) in [6.07, 6.45) is 0.269. The van der Waals surface area contributed by atoms with Crippen LogP contribution in [0.15, 0.2) is 29.6 Å². The van der Waals surface area contributed by atoms with Gasteiger partial charge in [-0.3, -0.25) is 14.4 Å². The fraction of sp³-hybridized carbons (Fsp3) is 0.400. The lowest BCUT2D eigenvalue weighted by Gasteiger charge is -2.16. The molecule has 1 aromatic heterocycles. The van der Waals surface area contributed by atoms with Gasteiger partial charge in [-0.05, 0) is 19.4 Å². The van der Waals surface area contributed by atoms with Crippen LogP contribution in [0.1, 0.15) is 30.2 Å². The number of benzene rings is 1. The number of amides is 2. The summed E-state index contributed by atoms with van der Waals surface area (Å²) in [6, 6.07) is 8.01. The maximum Gasteiger partial charge on any atom is 0.311 e. The minimum Gasteiger partial charge on any atom is -0.466 e. The molecule has 1 atom stereocenters. The second kappa shape index (κ2) is 8.97. The zero-order valence-electron chi connectivity index (χ0n) is 15.9. The maximum absolute atomic E-state index is 12.5. The van der Waals surface area contributed by atoms with E-state index in [-0.39, 0.29) is 30.6 Å². The van der Waals surface area contributed by atoms with Crippen LogP contribution in [0, 0.1) is 12.8 Å². The molecule has 3 rings (SSSR count). The van der Waals surface area contributed by atoms with E-state index in [4.69, 9.17) is 4.74 Å². The Morgan fingerprint density at radius 2 is 2.07 bits per heavy atom. The highest BCUT2D eigenvalue weighted by molar-refractivity contribution is 7.13. The Bertz CT molecular complexity index is 863. The molecule has 1 aliphatic heterocycles. The maximum atomic E-state index is 12.5. The van der Waals surface area contributed by atoms with Crippen molar-refractivity contribution in [1.29, 1.82) is 0 Å². The molecule has 1 aliphatic rings. The standard InChI is InChI=1S/C20H23N3O4S/c1-3-27-18(25)9-16-12-28-20(21-16)22-19(26)15-8-17(24)23(11-15)10-14-6-4-13(2)5-7-14/h4-7,12,15H,3,8-11H2,1-2H3,(H,21,22,26). The first-order valence-electron chi connectivity index (χ1n) is 9.18. The van der Waals surface area contributed by atoms with Crippen LogP contribution in [0.25, 0.3) is 0 Å². The van der Waals surface area contributed by atoms with Crippen LogP contribution in [0.5, 0.6) is 0 Å². The fourth-order valence-electron chi connectivity index (χ4n) is 3.03. The third-order valence-corrected chi connectivity index (χ3v) is 5.30. The summed E-state index contributed by atoms with van der Waals surface area (Å²) in [4.78, 5) is 42.3. The first-order valence-corrected chi connectivity index (χ1v) is 10.1. The van der Waals surface area contributed by atoms with Gasteiger partial charge in [0.1, 0.15) is 0 Å². The summed E-state index contributed by atoms with van der Waals surface area (Å²) in [7, 11) is 0. The van der Waals surface area contributed by atoms with Crippen LogP contribution < -0.4 is 5.32 Å². The molecule has 1 unspecified atom stereocenters. The molecule has 2 aromatic rings. The van der Waals surface area contributed by atoms with Crippen molar-refractivity contribution >= 4 is 34.3 Å². The molecule has 0 radical (unpaired) electrons. The van der Waals surface area contributed by atoms with Gasteiger partial charge in [-0.1, -0.05) is 29.8 Å². The van der Waals surface area contributed by atoms with E-state index >= 15 is 0 Å². The van der Waals surface area contributed by atoms with E-state index in [1.807, 2.05) is 31.2 Å². The number of hydrogen-bond donors (Lipinski definition) is 1. The number of likely N-dealkylation sites (tertiary alicyclic amines) is 1. The number of thiazole rings is 1. The second-order valence-electron chi connectivity index (χ2n) is 6.78. The normalized spacial score (nSPS) is 16.3. The van der Waals surface area contributed by atoms with Crippen molar-refractivity contribution in [3.63, 3.8) is 0 Å². The molecule has 2 amide bonds. The molecule has 0 aliphatic carbocycles. The van der Waals surface area contributed by atoms with E-state index in [2.05, 4.69) is 10.3 Å². The van der Waals surface area contributed by atoms with Crippen molar-refractivity contribution < 1.29 is 19.1 Å². The van der Waals surface area contributed by atoms with E-state index in [1.165, 1.54) is 16.9 Å². The molecule has 148 valence electrons. The largest absolute Gasteiger partial charge is 0.466 e. The number of nitrogens with one attached hydrogen (secondary N) is 1. The van der Waals surface area contributed by atoms with E-state index in [9.17, 15) is 14.4 Å². The van der Waals surface area contributed by atoms with Crippen LogP contribution in [-0.2, 0) is 32.1 Å². The molecule has 1 saturated heterocycles.